The molecule has 3 heterocycles. The number of nitrogens with one attached hydrogen (secondary N) is 1. The molecule has 222 valence electrons. The maximum Gasteiger partial charge on any atom is 0.513 e. The Morgan fingerprint density at radius 1 is 1.07 bits per heavy atom. The molecule has 4 aromatic rings. The number of hydrogen-bond acceptors (Lipinski definition) is 8. The Kier molecular flexibility index (Phi) is 7.85. The summed E-state index contributed by atoms with van der Waals surface area (Å²) in [5.41, 5.74) is 2.16. The van der Waals surface area contributed by atoms with Gasteiger partial charge in [0.15, 0.2) is 11.6 Å². The van der Waals surface area contributed by atoms with Crippen molar-refractivity contribution in [3.63, 3.8) is 0 Å². The SMILES string of the molecule is CCOC(=O)OC1=CN(C(=O)c2ccc(F)cc2)CC(C)(C)c2c1[nH]c1cc(OC(=O)N(C)c3cnc(C)cn3)ccc21. The molecule has 0 aliphatic carbocycles. The smallest absolute Gasteiger partial charge is 0.434 e. The highest BCUT2D eigenvalue weighted by atomic mass is 19.1. The van der Waals surface area contributed by atoms with E-state index in [1.165, 1.54) is 53.5 Å². The van der Waals surface area contributed by atoms with Gasteiger partial charge in [0.2, 0.25) is 0 Å². The molecule has 11 nitrogen and oxygen atoms in total. The highest BCUT2D eigenvalue weighted by Gasteiger charge is 2.37. The van der Waals surface area contributed by atoms with Crippen LogP contribution in [0.3, 0.4) is 0 Å². The van der Waals surface area contributed by atoms with Crippen molar-refractivity contribution < 1.29 is 33.0 Å². The predicted molar refractivity (Wildman–Crippen MR) is 156 cm³/mol. The van der Waals surface area contributed by atoms with Crippen LogP contribution in [0.4, 0.5) is 19.8 Å². The average molecular weight is 588 g/mol. The molecule has 43 heavy (non-hydrogen) atoms. The van der Waals surface area contributed by atoms with Crippen molar-refractivity contribution in [3.05, 3.63) is 89.4 Å². The lowest BCUT2D eigenvalue weighted by Crippen LogP contribution is -2.36. The Balaban J connectivity index is 1.52. The molecule has 0 saturated carbocycles. The van der Waals surface area contributed by atoms with Crippen LogP contribution in [-0.2, 0) is 14.9 Å². The average Bonchev–Trinajstić information content (AvgIpc) is 3.32. The van der Waals surface area contributed by atoms with E-state index in [4.69, 9.17) is 14.2 Å². The molecule has 0 bridgehead atoms. The van der Waals surface area contributed by atoms with E-state index in [0.717, 1.165) is 10.9 Å². The highest BCUT2D eigenvalue weighted by Crippen LogP contribution is 2.41. The minimum Gasteiger partial charge on any atom is -0.434 e. The zero-order valence-electron chi connectivity index (χ0n) is 24.3. The number of aryl methyl sites for hydroxylation is 1. The number of carbonyl (C=O) groups excluding carboxylic acids is 3. The number of carbonyl (C=O) groups is 3. The number of ether oxygens (including phenoxy) is 3. The number of hydrogen-bond donors (Lipinski definition) is 1. The zero-order valence-corrected chi connectivity index (χ0v) is 24.3. The molecule has 0 saturated heterocycles. The molecule has 0 spiro atoms. The lowest BCUT2D eigenvalue weighted by Gasteiger charge is -2.29. The molecular weight excluding hydrogens is 557 g/mol. The van der Waals surface area contributed by atoms with E-state index in [2.05, 4.69) is 15.0 Å². The van der Waals surface area contributed by atoms with Crippen LogP contribution in [0.25, 0.3) is 16.7 Å². The maximum atomic E-state index is 13.5. The molecule has 12 heteroatoms. The number of H-pyrrole nitrogens is 1. The van der Waals surface area contributed by atoms with E-state index < -0.39 is 29.4 Å². The monoisotopic (exact) mass is 587 g/mol. The lowest BCUT2D eigenvalue weighted by molar-refractivity contribution is 0.0788. The van der Waals surface area contributed by atoms with Crippen LogP contribution in [0.5, 0.6) is 5.75 Å². The number of halogens is 1. The summed E-state index contributed by atoms with van der Waals surface area (Å²) in [4.78, 5) is 53.1. The van der Waals surface area contributed by atoms with Gasteiger partial charge in [-0.1, -0.05) is 13.8 Å². The Hall–Kier alpha value is -5.26. The first kappa shape index (κ1) is 29.2. The minimum atomic E-state index is -0.941. The van der Waals surface area contributed by atoms with E-state index in [-0.39, 0.29) is 30.2 Å². The number of benzene rings is 2. The largest absolute Gasteiger partial charge is 0.513 e. The summed E-state index contributed by atoms with van der Waals surface area (Å²) in [6.07, 6.45) is 2.86. The van der Waals surface area contributed by atoms with E-state index in [0.29, 0.717) is 22.7 Å². The van der Waals surface area contributed by atoms with Gasteiger partial charge in [-0.2, -0.15) is 0 Å². The van der Waals surface area contributed by atoms with Crippen LogP contribution >= 0.6 is 0 Å². The minimum absolute atomic E-state index is 0.0573. The van der Waals surface area contributed by atoms with Gasteiger partial charge in [0.1, 0.15) is 11.6 Å². The molecule has 2 amide bonds. The molecule has 0 radical (unpaired) electrons. The lowest BCUT2D eigenvalue weighted by atomic mass is 9.82. The Labute approximate surface area is 246 Å². The van der Waals surface area contributed by atoms with Gasteiger partial charge in [0, 0.05) is 41.5 Å². The number of aromatic amines is 1. The summed E-state index contributed by atoms with van der Waals surface area (Å²) < 4.78 is 29.7. The zero-order chi connectivity index (χ0) is 30.9. The van der Waals surface area contributed by atoms with Gasteiger partial charge >= 0.3 is 12.2 Å². The number of aromatic nitrogens is 3. The van der Waals surface area contributed by atoms with E-state index >= 15 is 0 Å². The highest BCUT2D eigenvalue weighted by molar-refractivity contribution is 5.97. The molecular formula is C31H30FN5O6. The normalized spacial score (nSPS) is 13.9. The van der Waals surface area contributed by atoms with E-state index in [9.17, 15) is 18.8 Å². The first-order valence-electron chi connectivity index (χ1n) is 13.5. The molecule has 1 N–H and O–H groups in total. The van der Waals surface area contributed by atoms with Gasteiger partial charge in [-0.05, 0) is 55.8 Å². The quantitative estimate of drug-likeness (QED) is 0.284. The second-order valence-electron chi connectivity index (χ2n) is 10.6. The molecule has 2 aromatic carbocycles. The molecule has 1 aliphatic rings. The van der Waals surface area contributed by atoms with Crippen LogP contribution in [0.2, 0.25) is 0 Å². The Bertz CT molecular complexity index is 1730. The summed E-state index contributed by atoms with van der Waals surface area (Å²) in [7, 11) is 1.53. The molecule has 2 aromatic heterocycles. The number of anilines is 1. The first-order valence-corrected chi connectivity index (χ1v) is 13.5. The maximum absolute atomic E-state index is 13.5. The molecule has 0 atom stereocenters. The third kappa shape index (κ3) is 6.03. The summed E-state index contributed by atoms with van der Waals surface area (Å²) >= 11 is 0. The molecule has 5 rings (SSSR count). The van der Waals surface area contributed by atoms with Gasteiger partial charge in [-0.3, -0.25) is 14.7 Å². The van der Waals surface area contributed by atoms with Crippen molar-refractivity contribution >= 4 is 40.6 Å². The Morgan fingerprint density at radius 3 is 2.49 bits per heavy atom. The molecule has 1 aliphatic heterocycles. The van der Waals surface area contributed by atoms with Gasteiger partial charge in [0.25, 0.3) is 5.91 Å². The van der Waals surface area contributed by atoms with Crippen LogP contribution in [0, 0.1) is 12.7 Å². The summed E-state index contributed by atoms with van der Waals surface area (Å²) in [6.45, 7) is 7.65. The summed E-state index contributed by atoms with van der Waals surface area (Å²) in [5.74, 6) is -0.207. The fourth-order valence-corrected chi connectivity index (χ4v) is 4.91. The van der Waals surface area contributed by atoms with Crippen molar-refractivity contribution in [2.75, 3.05) is 25.1 Å². The fraction of sp³-hybridized carbons (Fsp3) is 0.258. The summed E-state index contributed by atoms with van der Waals surface area (Å²) in [6, 6.07) is 10.3. The second-order valence-corrected chi connectivity index (χ2v) is 10.6. The van der Waals surface area contributed by atoms with Crippen LogP contribution in [0.1, 0.15) is 48.1 Å². The predicted octanol–water partition coefficient (Wildman–Crippen LogP) is 5.95. The topological polar surface area (TPSA) is 127 Å². The van der Waals surface area contributed by atoms with E-state index in [1.54, 1.807) is 38.2 Å². The van der Waals surface area contributed by atoms with Crippen molar-refractivity contribution in [2.45, 2.75) is 33.1 Å². The number of nitrogens with zero attached hydrogens (tertiary/aromatic N) is 4. The van der Waals surface area contributed by atoms with Gasteiger partial charge < -0.3 is 24.1 Å². The number of fused-ring (bicyclic) bond motifs is 3. The second kappa shape index (κ2) is 11.6. The number of amides is 2. The summed E-state index contributed by atoms with van der Waals surface area (Å²) in [5, 5.41) is 0.770. The van der Waals surface area contributed by atoms with Crippen molar-refractivity contribution in [2.24, 2.45) is 0 Å². The fourth-order valence-electron chi connectivity index (χ4n) is 4.91. The Morgan fingerprint density at radius 2 is 1.81 bits per heavy atom. The molecule has 0 unspecified atom stereocenters. The molecule has 0 fully saturated rings. The van der Waals surface area contributed by atoms with Crippen molar-refractivity contribution in [1.29, 1.82) is 0 Å². The van der Waals surface area contributed by atoms with Crippen LogP contribution < -0.4 is 9.64 Å². The van der Waals surface area contributed by atoms with Gasteiger partial charge in [-0.25, -0.2) is 19.0 Å². The van der Waals surface area contributed by atoms with Crippen LogP contribution in [-0.4, -0.2) is 58.2 Å². The van der Waals surface area contributed by atoms with E-state index in [1.807, 2.05) is 13.8 Å². The standard InChI is InChI=1S/C31H30FN5O6/c1-6-41-30(40)43-24-16-37(28(38)19-7-9-20(32)10-8-19)17-31(3,4)26-22-12-11-21(13-23(22)35-27(24)26)42-29(39)36(5)25-15-33-18(2)14-34-25/h7-16,35H,6,17H2,1-5H3. The number of rotatable bonds is 5. The van der Waals surface area contributed by atoms with Crippen LogP contribution in [0.15, 0.2) is 61.1 Å². The van der Waals surface area contributed by atoms with Gasteiger partial charge in [-0.15, -0.1) is 0 Å². The first-order chi connectivity index (χ1) is 20.5. The third-order valence-corrected chi connectivity index (χ3v) is 6.93. The third-order valence-electron chi connectivity index (χ3n) is 6.93. The van der Waals surface area contributed by atoms with Crippen molar-refractivity contribution in [3.8, 4) is 5.75 Å². The van der Waals surface area contributed by atoms with Crippen molar-refractivity contribution in [1.82, 2.24) is 19.9 Å². The van der Waals surface area contributed by atoms with Gasteiger partial charge in [0.05, 0.1) is 36.6 Å².